The number of ether oxygens (including phenoxy) is 1. The van der Waals surface area contributed by atoms with E-state index in [2.05, 4.69) is 6.92 Å². The fraction of sp³-hybridized carbons (Fsp3) is 0.773. The van der Waals surface area contributed by atoms with E-state index in [1.165, 1.54) is 69.9 Å². The molecule has 2 aliphatic rings. The third-order valence-corrected chi connectivity index (χ3v) is 6.56. The lowest BCUT2D eigenvalue weighted by Crippen LogP contribution is -2.36. The number of hydrogen-bond acceptors (Lipinski definition) is 2. The van der Waals surface area contributed by atoms with Crippen molar-refractivity contribution in [1.29, 1.82) is 5.26 Å². The van der Waals surface area contributed by atoms with Crippen LogP contribution in [0.2, 0.25) is 0 Å². The summed E-state index contributed by atoms with van der Waals surface area (Å²) in [7, 11) is 1.74. The van der Waals surface area contributed by atoms with Gasteiger partial charge in [-0.3, -0.25) is 0 Å². The Hall–Kier alpha value is -1.14. The summed E-state index contributed by atoms with van der Waals surface area (Å²) < 4.78 is 18.7. The molecule has 0 aliphatic heterocycles. The molecule has 2 rings (SSSR count). The van der Waals surface area contributed by atoms with Crippen molar-refractivity contribution in [2.75, 3.05) is 7.11 Å². The zero-order valence-electron chi connectivity index (χ0n) is 16.0. The van der Waals surface area contributed by atoms with Gasteiger partial charge in [0.25, 0.3) is 0 Å². The quantitative estimate of drug-likeness (QED) is 0.389. The first-order valence-electron chi connectivity index (χ1n) is 10.1. The Morgan fingerprint density at radius 3 is 2.36 bits per heavy atom. The van der Waals surface area contributed by atoms with Gasteiger partial charge < -0.3 is 4.74 Å². The smallest absolute Gasteiger partial charge is 0.199 e. The van der Waals surface area contributed by atoms with Crippen LogP contribution < -0.4 is 0 Å². The number of hydrogen-bond donors (Lipinski definition) is 0. The summed E-state index contributed by atoms with van der Waals surface area (Å²) >= 11 is 0. The molecule has 0 spiro atoms. The van der Waals surface area contributed by atoms with E-state index in [1.807, 2.05) is 6.08 Å². The number of rotatable bonds is 7. The van der Waals surface area contributed by atoms with Gasteiger partial charge in [-0.25, -0.2) is 0 Å². The molecule has 0 aromatic rings. The Labute approximate surface area is 153 Å². The lowest BCUT2D eigenvalue weighted by molar-refractivity contribution is -0.0201. The summed E-state index contributed by atoms with van der Waals surface area (Å²) in [4.78, 5) is 0. The molecule has 0 N–H and O–H groups in total. The second-order valence-corrected chi connectivity index (χ2v) is 8.01. The minimum absolute atomic E-state index is 0.277. The van der Waals surface area contributed by atoms with E-state index in [1.54, 1.807) is 13.2 Å². The van der Waals surface area contributed by atoms with Gasteiger partial charge in [0.2, 0.25) is 0 Å². The van der Waals surface area contributed by atoms with E-state index in [4.69, 9.17) is 10.00 Å². The summed E-state index contributed by atoms with van der Waals surface area (Å²) in [6.07, 6.45) is 19.0. The molecule has 0 atom stereocenters. The maximum Gasteiger partial charge on any atom is 0.199 e. The van der Waals surface area contributed by atoms with E-state index in [0.717, 1.165) is 30.6 Å². The van der Waals surface area contributed by atoms with Crippen LogP contribution in [0.25, 0.3) is 0 Å². The standard InChI is InChI=1S/C22H34FNO/c1-3-4-6-18-8-10-19(11-9-18)20-12-15-22(25-2,16-13-20)14-5-7-21(23)17-24/h5,7,14,18-20H,3-4,6,8-13,15-16H2,1-2H3/t18-,19-,20-,22+. The van der Waals surface area contributed by atoms with Crippen molar-refractivity contribution in [3.8, 4) is 6.07 Å². The monoisotopic (exact) mass is 347 g/mol. The van der Waals surface area contributed by atoms with E-state index >= 15 is 0 Å². The molecule has 0 radical (unpaired) electrons. The highest BCUT2D eigenvalue weighted by molar-refractivity contribution is 5.21. The van der Waals surface area contributed by atoms with Crippen LogP contribution in [0.4, 0.5) is 4.39 Å². The topological polar surface area (TPSA) is 33.0 Å². The molecule has 2 aliphatic carbocycles. The number of halogens is 1. The van der Waals surface area contributed by atoms with Gasteiger partial charge >= 0.3 is 0 Å². The Morgan fingerprint density at radius 2 is 1.80 bits per heavy atom. The van der Waals surface area contributed by atoms with Crippen LogP contribution in [0.3, 0.4) is 0 Å². The maximum atomic E-state index is 12.9. The molecule has 0 heterocycles. The van der Waals surface area contributed by atoms with Gasteiger partial charge in [-0.15, -0.1) is 0 Å². The first kappa shape index (κ1) is 20.2. The Morgan fingerprint density at radius 1 is 1.16 bits per heavy atom. The van der Waals surface area contributed by atoms with Gasteiger partial charge in [0.15, 0.2) is 5.83 Å². The lowest BCUT2D eigenvalue weighted by atomic mass is 9.67. The molecule has 2 fully saturated rings. The molecule has 0 unspecified atom stereocenters. The van der Waals surface area contributed by atoms with Crippen molar-refractivity contribution in [1.82, 2.24) is 0 Å². The first-order chi connectivity index (χ1) is 12.1. The van der Waals surface area contributed by atoms with Crippen LogP contribution in [0.1, 0.15) is 77.6 Å². The zero-order valence-corrected chi connectivity index (χ0v) is 16.0. The molecule has 2 saturated carbocycles. The molecule has 0 saturated heterocycles. The molecule has 0 bridgehead atoms. The van der Waals surface area contributed by atoms with Crippen LogP contribution in [-0.4, -0.2) is 12.7 Å². The zero-order chi connectivity index (χ0) is 18.1. The molecular formula is C22H34FNO. The van der Waals surface area contributed by atoms with Crippen molar-refractivity contribution in [2.45, 2.75) is 83.2 Å². The van der Waals surface area contributed by atoms with E-state index in [9.17, 15) is 4.39 Å². The number of allylic oxidation sites excluding steroid dienone is 3. The Kier molecular flexibility index (Phi) is 8.16. The average Bonchev–Trinajstić information content (AvgIpc) is 2.67. The summed E-state index contributed by atoms with van der Waals surface area (Å²) in [6, 6.07) is 1.50. The van der Waals surface area contributed by atoms with Crippen LogP contribution >= 0.6 is 0 Å². The van der Waals surface area contributed by atoms with Crippen molar-refractivity contribution in [3.05, 3.63) is 24.1 Å². The third-order valence-electron chi connectivity index (χ3n) is 6.56. The number of methoxy groups -OCH3 is 1. The Balaban J connectivity index is 1.81. The highest BCUT2D eigenvalue weighted by atomic mass is 19.1. The number of unbranched alkanes of at least 4 members (excludes halogenated alkanes) is 1. The fourth-order valence-electron chi connectivity index (χ4n) is 4.83. The van der Waals surface area contributed by atoms with E-state index in [0.29, 0.717) is 0 Å². The fourth-order valence-corrected chi connectivity index (χ4v) is 4.83. The number of nitriles is 1. The Bertz CT molecular complexity index is 489. The van der Waals surface area contributed by atoms with Gasteiger partial charge in [-0.2, -0.15) is 9.65 Å². The van der Waals surface area contributed by atoms with Gasteiger partial charge in [0.1, 0.15) is 6.07 Å². The highest BCUT2D eigenvalue weighted by Crippen LogP contribution is 2.44. The molecule has 3 heteroatoms. The maximum absolute atomic E-state index is 12.9. The van der Waals surface area contributed by atoms with Gasteiger partial charge in [0, 0.05) is 7.11 Å². The number of nitrogens with zero attached hydrogens (tertiary/aromatic N) is 1. The molecule has 0 aromatic heterocycles. The SMILES string of the molecule is CCCC[C@H]1CC[C@H]([C@H]2CC[C@@](C=CC=C(F)C#N)(OC)CC2)CC1. The summed E-state index contributed by atoms with van der Waals surface area (Å²) in [5.74, 6) is 1.95. The van der Waals surface area contributed by atoms with Crippen molar-refractivity contribution in [2.24, 2.45) is 17.8 Å². The third kappa shape index (κ3) is 5.96. The van der Waals surface area contributed by atoms with Crippen molar-refractivity contribution in [3.63, 3.8) is 0 Å². The molecule has 2 nitrogen and oxygen atoms in total. The normalized spacial score (nSPS) is 34.2. The van der Waals surface area contributed by atoms with Crippen LogP contribution in [0, 0.1) is 29.1 Å². The van der Waals surface area contributed by atoms with Gasteiger partial charge in [-0.05, 0) is 62.4 Å². The highest BCUT2D eigenvalue weighted by Gasteiger charge is 2.36. The van der Waals surface area contributed by atoms with Gasteiger partial charge in [-0.1, -0.05) is 51.2 Å². The molecule has 25 heavy (non-hydrogen) atoms. The predicted molar refractivity (Wildman–Crippen MR) is 101 cm³/mol. The van der Waals surface area contributed by atoms with E-state index < -0.39 is 5.83 Å². The summed E-state index contributed by atoms with van der Waals surface area (Å²) in [5.41, 5.74) is -0.277. The largest absolute Gasteiger partial charge is 0.374 e. The average molecular weight is 348 g/mol. The second-order valence-electron chi connectivity index (χ2n) is 8.01. The predicted octanol–water partition coefficient (Wildman–Crippen LogP) is 6.49. The van der Waals surface area contributed by atoms with E-state index in [-0.39, 0.29) is 5.60 Å². The van der Waals surface area contributed by atoms with Crippen LogP contribution in [0.5, 0.6) is 0 Å². The lowest BCUT2D eigenvalue weighted by Gasteiger charge is -2.42. The summed E-state index contributed by atoms with van der Waals surface area (Å²) in [6.45, 7) is 2.29. The molecular weight excluding hydrogens is 313 g/mol. The first-order valence-corrected chi connectivity index (χ1v) is 10.1. The minimum Gasteiger partial charge on any atom is -0.374 e. The van der Waals surface area contributed by atoms with Crippen LogP contribution in [0.15, 0.2) is 24.1 Å². The minimum atomic E-state index is -0.754. The van der Waals surface area contributed by atoms with Crippen LogP contribution in [-0.2, 0) is 4.74 Å². The molecule has 0 aromatic carbocycles. The molecule has 0 amide bonds. The summed E-state index contributed by atoms with van der Waals surface area (Å²) in [5, 5.41) is 8.48. The van der Waals surface area contributed by atoms with Gasteiger partial charge in [0.05, 0.1) is 5.60 Å². The van der Waals surface area contributed by atoms with Crippen molar-refractivity contribution >= 4 is 0 Å². The molecule has 140 valence electrons. The van der Waals surface area contributed by atoms with Crippen molar-refractivity contribution < 1.29 is 9.13 Å². The second kappa shape index (κ2) is 10.1.